The number of nitrogens with one attached hydrogen (secondary N) is 2. The average Bonchev–Trinajstić information content (AvgIpc) is 2.66. The lowest BCUT2D eigenvalue weighted by molar-refractivity contribution is -0.0504. The Hall–Kier alpha value is -1.36. The molecule has 0 amide bonds. The van der Waals surface area contributed by atoms with E-state index in [-0.39, 0.29) is 29.7 Å². The lowest BCUT2D eigenvalue weighted by atomic mass is 10.0. The molecular formula is C19H31F2IN4O2. The number of hydrogen-bond acceptors (Lipinski definition) is 4. The van der Waals surface area contributed by atoms with Crippen LogP contribution in [0.4, 0.5) is 8.78 Å². The number of nitrogens with zero attached hydrogens (tertiary/aromatic N) is 2. The third-order valence-corrected chi connectivity index (χ3v) is 4.79. The van der Waals surface area contributed by atoms with Crippen LogP contribution in [0.1, 0.15) is 31.7 Å². The molecule has 9 heteroatoms. The van der Waals surface area contributed by atoms with Gasteiger partial charge in [-0.2, -0.15) is 8.78 Å². The number of methoxy groups -OCH3 is 1. The maximum Gasteiger partial charge on any atom is 0.387 e. The van der Waals surface area contributed by atoms with E-state index in [1.165, 1.54) is 32.4 Å². The van der Waals surface area contributed by atoms with Crippen molar-refractivity contribution in [2.45, 2.75) is 45.4 Å². The maximum absolute atomic E-state index is 12.6. The summed E-state index contributed by atoms with van der Waals surface area (Å²) in [6.45, 7) is 2.52. The number of rotatable bonds is 8. The molecule has 1 unspecified atom stereocenters. The molecule has 0 aromatic heterocycles. The number of ether oxygens (including phenoxy) is 2. The molecule has 1 aromatic carbocycles. The first-order valence-electron chi connectivity index (χ1n) is 9.33. The van der Waals surface area contributed by atoms with E-state index >= 15 is 0 Å². The van der Waals surface area contributed by atoms with Crippen molar-refractivity contribution in [1.29, 1.82) is 0 Å². The minimum atomic E-state index is -2.87. The molecule has 1 heterocycles. The van der Waals surface area contributed by atoms with E-state index in [0.29, 0.717) is 29.9 Å². The Morgan fingerprint density at radius 1 is 1.32 bits per heavy atom. The quantitative estimate of drug-likeness (QED) is 0.318. The molecule has 0 bridgehead atoms. The van der Waals surface area contributed by atoms with Crippen LogP contribution in [0, 0.1) is 0 Å². The van der Waals surface area contributed by atoms with Gasteiger partial charge in [-0.05, 0) is 44.5 Å². The molecule has 28 heavy (non-hydrogen) atoms. The van der Waals surface area contributed by atoms with E-state index in [9.17, 15) is 8.78 Å². The number of aliphatic imine (C=N–C) groups is 1. The van der Waals surface area contributed by atoms with Crippen LogP contribution in [0.5, 0.6) is 11.5 Å². The zero-order chi connectivity index (χ0) is 19.6. The van der Waals surface area contributed by atoms with Gasteiger partial charge in [0.2, 0.25) is 0 Å². The minimum absolute atomic E-state index is 0. The Kier molecular flexibility index (Phi) is 11.4. The van der Waals surface area contributed by atoms with Gasteiger partial charge in [0.15, 0.2) is 5.96 Å². The van der Waals surface area contributed by atoms with Crippen LogP contribution in [0.3, 0.4) is 0 Å². The molecule has 2 N–H and O–H groups in total. The van der Waals surface area contributed by atoms with E-state index in [2.05, 4.69) is 32.2 Å². The molecule has 1 aliphatic rings. The van der Waals surface area contributed by atoms with Gasteiger partial charge in [-0.25, -0.2) is 0 Å². The summed E-state index contributed by atoms with van der Waals surface area (Å²) in [6, 6.07) is 5.36. The number of halogens is 3. The van der Waals surface area contributed by atoms with Gasteiger partial charge in [-0.3, -0.25) is 9.89 Å². The Labute approximate surface area is 183 Å². The topological polar surface area (TPSA) is 58.1 Å². The van der Waals surface area contributed by atoms with Crippen molar-refractivity contribution in [2.75, 3.05) is 33.8 Å². The molecule has 1 saturated heterocycles. The minimum Gasteiger partial charge on any atom is -0.497 e. The van der Waals surface area contributed by atoms with E-state index in [1.54, 1.807) is 19.2 Å². The van der Waals surface area contributed by atoms with Crippen molar-refractivity contribution in [1.82, 2.24) is 15.5 Å². The zero-order valence-corrected chi connectivity index (χ0v) is 19.0. The molecule has 1 fully saturated rings. The first-order valence-corrected chi connectivity index (χ1v) is 9.33. The Morgan fingerprint density at radius 2 is 2.11 bits per heavy atom. The standard InChI is InChI=1S/C19H30F2N4O2.HI/c1-14-6-4-5-10-25(14)11-9-23-19(22-2)24-13-15-12-16(26-3)7-8-17(15)27-18(20)21;/h7-8,12,14,18H,4-6,9-11,13H2,1-3H3,(H2,22,23,24);1H. The van der Waals surface area contributed by atoms with Crippen LogP contribution in [-0.4, -0.2) is 57.3 Å². The van der Waals surface area contributed by atoms with Crippen molar-refractivity contribution < 1.29 is 18.3 Å². The van der Waals surface area contributed by atoms with Crippen LogP contribution in [0.15, 0.2) is 23.2 Å². The molecule has 1 aromatic rings. The summed E-state index contributed by atoms with van der Waals surface area (Å²) < 4.78 is 35.0. The highest BCUT2D eigenvalue weighted by molar-refractivity contribution is 14.0. The first-order chi connectivity index (χ1) is 13.0. The molecule has 0 saturated carbocycles. The fourth-order valence-corrected chi connectivity index (χ4v) is 3.24. The number of alkyl halides is 2. The average molecular weight is 512 g/mol. The van der Waals surface area contributed by atoms with Gasteiger partial charge in [-0.1, -0.05) is 6.42 Å². The molecular weight excluding hydrogens is 481 g/mol. The lowest BCUT2D eigenvalue weighted by Crippen LogP contribution is -2.45. The second-order valence-corrected chi connectivity index (χ2v) is 6.59. The molecule has 0 aliphatic carbocycles. The van der Waals surface area contributed by atoms with Gasteiger partial charge in [0.05, 0.1) is 7.11 Å². The van der Waals surface area contributed by atoms with E-state index in [4.69, 9.17) is 4.74 Å². The van der Waals surface area contributed by atoms with Gasteiger partial charge < -0.3 is 20.1 Å². The molecule has 160 valence electrons. The predicted octanol–water partition coefficient (Wildman–Crippen LogP) is 3.45. The van der Waals surface area contributed by atoms with Gasteiger partial charge in [0.1, 0.15) is 11.5 Å². The highest BCUT2D eigenvalue weighted by Crippen LogP contribution is 2.25. The van der Waals surface area contributed by atoms with Crippen LogP contribution in [0.25, 0.3) is 0 Å². The summed E-state index contributed by atoms with van der Waals surface area (Å²) in [5.74, 6) is 1.32. The third kappa shape index (κ3) is 7.94. The van der Waals surface area contributed by atoms with Gasteiger partial charge in [0.25, 0.3) is 0 Å². The maximum atomic E-state index is 12.6. The molecule has 0 radical (unpaired) electrons. The number of likely N-dealkylation sites (tertiary alicyclic amines) is 1. The molecule has 6 nitrogen and oxygen atoms in total. The van der Waals surface area contributed by atoms with Crippen molar-refractivity contribution in [3.8, 4) is 11.5 Å². The summed E-state index contributed by atoms with van der Waals surface area (Å²) >= 11 is 0. The van der Waals surface area contributed by atoms with Gasteiger partial charge in [-0.15, -0.1) is 24.0 Å². The summed E-state index contributed by atoms with van der Waals surface area (Å²) in [5.41, 5.74) is 0.572. The summed E-state index contributed by atoms with van der Waals surface area (Å²) in [7, 11) is 3.21. The molecule has 2 rings (SSSR count). The van der Waals surface area contributed by atoms with Crippen molar-refractivity contribution in [3.63, 3.8) is 0 Å². The van der Waals surface area contributed by atoms with Crippen molar-refractivity contribution in [3.05, 3.63) is 23.8 Å². The smallest absolute Gasteiger partial charge is 0.387 e. The number of guanidine groups is 1. The summed E-state index contributed by atoms with van der Waals surface area (Å²) in [6.07, 6.45) is 3.80. The second-order valence-electron chi connectivity index (χ2n) is 6.59. The second kappa shape index (κ2) is 13.0. The van der Waals surface area contributed by atoms with E-state index < -0.39 is 6.61 Å². The monoisotopic (exact) mass is 512 g/mol. The SMILES string of the molecule is CN=C(NCCN1CCCCC1C)NCc1cc(OC)ccc1OC(F)F.I. The number of piperidine rings is 1. The van der Waals surface area contributed by atoms with Crippen LogP contribution < -0.4 is 20.1 Å². The fourth-order valence-electron chi connectivity index (χ4n) is 3.24. The Morgan fingerprint density at radius 3 is 2.75 bits per heavy atom. The number of benzene rings is 1. The normalized spacial score (nSPS) is 17.8. The predicted molar refractivity (Wildman–Crippen MR) is 118 cm³/mol. The highest BCUT2D eigenvalue weighted by atomic mass is 127. The first kappa shape index (κ1) is 24.7. The number of hydrogen-bond donors (Lipinski definition) is 2. The van der Waals surface area contributed by atoms with Crippen LogP contribution >= 0.6 is 24.0 Å². The van der Waals surface area contributed by atoms with Gasteiger partial charge in [0, 0.05) is 38.3 Å². The zero-order valence-electron chi connectivity index (χ0n) is 16.7. The largest absolute Gasteiger partial charge is 0.497 e. The van der Waals surface area contributed by atoms with Crippen molar-refractivity contribution >= 4 is 29.9 Å². The lowest BCUT2D eigenvalue weighted by Gasteiger charge is -2.33. The third-order valence-electron chi connectivity index (χ3n) is 4.79. The summed E-state index contributed by atoms with van der Waals surface area (Å²) in [4.78, 5) is 6.67. The van der Waals surface area contributed by atoms with Crippen LogP contribution in [0.2, 0.25) is 0 Å². The molecule has 1 aliphatic heterocycles. The fraction of sp³-hybridized carbons (Fsp3) is 0.632. The Balaban J connectivity index is 0.00000392. The highest BCUT2D eigenvalue weighted by Gasteiger charge is 2.17. The van der Waals surface area contributed by atoms with E-state index in [0.717, 1.165) is 19.6 Å². The molecule has 0 spiro atoms. The van der Waals surface area contributed by atoms with Crippen LogP contribution in [-0.2, 0) is 6.54 Å². The van der Waals surface area contributed by atoms with E-state index in [1.807, 2.05) is 0 Å². The Bertz CT molecular complexity index is 620. The molecule has 1 atom stereocenters. The summed E-state index contributed by atoms with van der Waals surface area (Å²) in [5, 5.41) is 6.41. The van der Waals surface area contributed by atoms with Crippen molar-refractivity contribution in [2.24, 2.45) is 4.99 Å². The van der Waals surface area contributed by atoms with Gasteiger partial charge >= 0.3 is 6.61 Å².